The maximum atomic E-state index is 12.0. The average molecular weight is 300 g/mol. The molecule has 0 spiro atoms. The van der Waals surface area contributed by atoms with Crippen molar-refractivity contribution in [3.8, 4) is 6.07 Å². The van der Waals surface area contributed by atoms with E-state index in [0.717, 1.165) is 0 Å². The van der Waals surface area contributed by atoms with Gasteiger partial charge in [0, 0.05) is 13.6 Å². The van der Waals surface area contributed by atoms with E-state index in [1.807, 2.05) is 6.07 Å². The first-order valence-electron chi connectivity index (χ1n) is 6.15. The Kier molecular flexibility index (Phi) is 5.73. The third-order valence-corrected chi connectivity index (χ3v) is 2.70. The lowest BCUT2D eigenvalue weighted by Gasteiger charge is -2.22. The molecule has 0 heterocycles. The second kappa shape index (κ2) is 7.09. The molecule has 21 heavy (non-hydrogen) atoms. The van der Waals surface area contributed by atoms with Crippen LogP contribution in [0.2, 0.25) is 0 Å². The summed E-state index contributed by atoms with van der Waals surface area (Å²) in [6.45, 7) is 0.00199. The van der Waals surface area contributed by atoms with Crippen molar-refractivity contribution in [2.75, 3.05) is 13.7 Å². The number of rotatable bonds is 5. The molecule has 0 aliphatic rings. The molecule has 0 saturated heterocycles. The number of alkyl halides is 3. The molecule has 0 aliphatic heterocycles. The van der Waals surface area contributed by atoms with Gasteiger partial charge in [0.2, 0.25) is 0 Å². The van der Waals surface area contributed by atoms with E-state index in [1.165, 1.54) is 18.9 Å². The molecule has 1 amide bonds. The van der Waals surface area contributed by atoms with Crippen LogP contribution in [0.3, 0.4) is 0 Å². The minimum Gasteiger partial charge on any atom is -0.359 e. The van der Waals surface area contributed by atoms with Crippen LogP contribution in [0.15, 0.2) is 24.3 Å². The largest absolute Gasteiger partial charge is 0.411 e. The zero-order valence-corrected chi connectivity index (χ0v) is 11.6. The molecule has 114 valence electrons. The van der Waals surface area contributed by atoms with Gasteiger partial charge in [-0.05, 0) is 24.6 Å². The summed E-state index contributed by atoms with van der Waals surface area (Å²) in [7, 11) is 1.47. The highest BCUT2D eigenvalue weighted by molar-refractivity contribution is 5.80. The van der Waals surface area contributed by atoms with Crippen molar-refractivity contribution in [2.24, 2.45) is 0 Å². The molecule has 0 bridgehead atoms. The topological polar surface area (TPSA) is 53.3 Å². The molecule has 1 unspecified atom stereocenters. The van der Waals surface area contributed by atoms with Gasteiger partial charge >= 0.3 is 6.18 Å². The van der Waals surface area contributed by atoms with E-state index >= 15 is 0 Å². The summed E-state index contributed by atoms with van der Waals surface area (Å²) in [4.78, 5) is 13.1. The molecule has 0 fully saturated rings. The molecule has 4 nitrogen and oxygen atoms in total. The van der Waals surface area contributed by atoms with E-state index in [2.05, 4.69) is 4.74 Å². The van der Waals surface area contributed by atoms with Crippen LogP contribution in [0.5, 0.6) is 0 Å². The minimum absolute atomic E-state index is 0.189. The summed E-state index contributed by atoms with van der Waals surface area (Å²) in [6, 6.07) is 8.62. The predicted octanol–water partition coefficient (Wildman–Crippen LogP) is 2.48. The van der Waals surface area contributed by atoms with Gasteiger partial charge < -0.3 is 9.64 Å². The number of likely N-dealkylation sites (N-methyl/N-ethyl adjacent to an activating group) is 1. The van der Waals surface area contributed by atoms with Gasteiger partial charge in [0.1, 0.15) is 12.7 Å². The second-order valence-electron chi connectivity index (χ2n) is 4.57. The lowest BCUT2D eigenvalue weighted by molar-refractivity contribution is -0.188. The fraction of sp³-hybridized carbons (Fsp3) is 0.429. The Labute approximate surface area is 120 Å². The molecule has 1 aromatic rings. The standard InChI is InChI=1S/C14H15F3N2O2/c1-10(21-9-14(15,16)17)13(20)19(2)8-12-5-3-4-11(6-12)7-18/h3-6,10H,8-9H2,1-2H3. The van der Waals surface area contributed by atoms with Gasteiger partial charge in [-0.2, -0.15) is 18.4 Å². The number of hydrogen-bond donors (Lipinski definition) is 0. The molecule has 0 aromatic heterocycles. The second-order valence-corrected chi connectivity index (χ2v) is 4.57. The van der Waals surface area contributed by atoms with Gasteiger partial charge in [0.15, 0.2) is 0 Å². The van der Waals surface area contributed by atoms with Crippen LogP contribution in [0.25, 0.3) is 0 Å². The molecule has 0 N–H and O–H groups in total. The molecule has 0 saturated carbocycles. The van der Waals surface area contributed by atoms with Gasteiger partial charge in [-0.15, -0.1) is 0 Å². The van der Waals surface area contributed by atoms with Crippen molar-refractivity contribution in [1.29, 1.82) is 5.26 Å². The summed E-state index contributed by atoms with van der Waals surface area (Å²) in [5.74, 6) is -0.554. The molecular formula is C14H15F3N2O2. The van der Waals surface area contributed by atoms with E-state index in [0.29, 0.717) is 11.1 Å². The SMILES string of the molecule is CC(OCC(F)(F)F)C(=O)N(C)Cc1cccc(C#N)c1. The van der Waals surface area contributed by atoms with Crippen LogP contribution in [0, 0.1) is 11.3 Å². The molecule has 1 aromatic carbocycles. The molecule has 0 aliphatic carbocycles. The predicted molar refractivity (Wildman–Crippen MR) is 69.1 cm³/mol. The molecule has 0 radical (unpaired) electrons. The van der Waals surface area contributed by atoms with Crippen LogP contribution in [0.1, 0.15) is 18.1 Å². The van der Waals surface area contributed by atoms with E-state index in [1.54, 1.807) is 24.3 Å². The Morgan fingerprint density at radius 1 is 1.48 bits per heavy atom. The number of benzene rings is 1. The smallest absolute Gasteiger partial charge is 0.359 e. The van der Waals surface area contributed by atoms with Crippen molar-refractivity contribution in [3.63, 3.8) is 0 Å². The number of amides is 1. The first kappa shape index (κ1) is 17.0. The molecule has 1 rings (SSSR count). The molecule has 7 heteroatoms. The zero-order chi connectivity index (χ0) is 16.0. The minimum atomic E-state index is -4.46. The van der Waals surface area contributed by atoms with E-state index in [9.17, 15) is 18.0 Å². The Balaban J connectivity index is 2.59. The Morgan fingerprint density at radius 3 is 2.71 bits per heavy atom. The van der Waals surface area contributed by atoms with E-state index < -0.39 is 24.8 Å². The first-order chi connectivity index (χ1) is 9.73. The van der Waals surface area contributed by atoms with Crippen molar-refractivity contribution < 1.29 is 22.7 Å². The lowest BCUT2D eigenvalue weighted by atomic mass is 10.1. The number of halogens is 3. The summed E-state index contributed by atoms with van der Waals surface area (Å²) < 4.78 is 40.6. The average Bonchev–Trinajstić information content (AvgIpc) is 2.43. The quantitative estimate of drug-likeness (QED) is 0.839. The van der Waals surface area contributed by atoms with Crippen LogP contribution >= 0.6 is 0 Å². The normalized spacial score (nSPS) is 12.6. The van der Waals surface area contributed by atoms with Gasteiger partial charge in [-0.1, -0.05) is 12.1 Å². The van der Waals surface area contributed by atoms with Crippen molar-refractivity contribution in [2.45, 2.75) is 25.7 Å². The Morgan fingerprint density at radius 2 is 2.14 bits per heavy atom. The van der Waals surface area contributed by atoms with Gasteiger partial charge in [0.05, 0.1) is 11.6 Å². The highest BCUT2D eigenvalue weighted by atomic mass is 19.4. The van der Waals surface area contributed by atoms with Crippen LogP contribution < -0.4 is 0 Å². The van der Waals surface area contributed by atoms with Crippen molar-refractivity contribution in [1.82, 2.24) is 4.90 Å². The first-order valence-corrected chi connectivity index (χ1v) is 6.15. The summed E-state index contributed by atoms with van der Waals surface area (Å²) >= 11 is 0. The number of carbonyl (C=O) groups is 1. The van der Waals surface area contributed by atoms with Gasteiger partial charge in [-0.25, -0.2) is 0 Å². The maximum absolute atomic E-state index is 12.0. The van der Waals surface area contributed by atoms with Crippen LogP contribution in [-0.2, 0) is 16.1 Å². The fourth-order valence-electron chi connectivity index (χ4n) is 1.69. The van der Waals surface area contributed by atoms with Crippen LogP contribution in [0.4, 0.5) is 13.2 Å². The monoisotopic (exact) mass is 300 g/mol. The third-order valence-electron chi connectivity index (χ3n) is 2.70. The number of hydrogen-bond acceptors (Lipinski definition) is 3. The maximum Gasteiger partial charge on any atom is 0.411 e. The summed E-state index contributed by atoms with van der Waals surface area (Å²) in [6.07, 6.45) is -5.65. The number of nitrogens with zero attached hydrogens (tertiary/aromatic N) is 2. The third kappa shape index (κ3) is 5.83. The van der Waals surface area contributed by atoms with Gasteiger partial charge in [0.25, 0.3) is 5.91 Å². The number of nitriles is 1. The Hall–Kier alpha value is -2.07. The van der Waals surface area contributed by atoms with Gasteiger partial charge in [-0.3, -0.25) is 4.79 Å². The van der Waals surface area contributed by atoms with E-state index in [-0.39, 0.29) is 6.54 Å². The summed E-state index contributed by atoms with van der Waals surface area (Å²) in [5, 5.41) is 8.78. The molecular weight excluding hydrogens is 285 g/mol. The highest BCUT2D eigenvalue weighted by Crippen LogP contribution is 2.16. The summed E-state index contributed by atoms with van der Waals surface area (Å²) in [5.41, 5.74) is 1.17. The number of carbonyl (C=O) groups excluding carboxylic acids is 1. The van der Waals surface area contributed by atoms with Crippen molar-refractivity contribution >= 4 is 5.91 Å². The molecule has 1 atom stereocenters. The van der Waals surface area contributed by atoms with Crippen LogP contribution in [-0.4, -0.2) is 36.7 Å². The van der Waals surface area contributed by atoms with E-state index in [4.69, 9.17) is 5.26 Å². The zero-order valence-electron chi connectivity index (χ0n) is 11.6. The lowest BCUT2D eigenvalue weighted by Crippen LogP contribution is -2.37. The highest BCUT2D eigenvalue weighted by Gasteiger charge is 2.30. The van der Waals surface area contributed by atoms with Crippen molar-refractivity contribution in [3.05, 3.63) is 35.4 Å². The fourth-order valence-corrected chi connectivity index (χ4v) is 1.69. The number of ether oxygens (including phenoxy) is 1. The Bertz CT molecular complexity index is 538.